The van der Waals surface area contributed by atoms with Gasteiger partial charge in [-0.25, -0.2) is 9.78 Å². The molecule has 0 aliphatic heterocycles. The lowest BCUT2D eigenvalue weighted by Crippen LogP contribution is -2.40. The first-order chi connectivity index (χ1) is 19.5. The molecule has 12 heteroatoms. The van der Waals surface area contributed by atoms with Crippen LogP contribution in [0.1, 0.15) is 21.5 Å². The van der Waals surface area contributed by atoms with E-state index in [1.165, 1.54) is 32.0 Å². The number of benzene rings is 2. The molecule has 1 atom stereocenters. The summed E-state index contributed by atoms with van der Waals surface area (Å²) in [6.07, 6.45) is 0.259. The van der Waals surface area contributed by atoms with E-state index in [9.17, 15) is 19.5 Å². The van der Waals surface area contributed by atoms with Gasteiger partial charge in [-0.15, -0.1) is 0 Å². The highest BCUT2D eigenvalue weighted by Crippen LogP contribution is 2.39. The van der Waals surface area contributed by atoms with Gasteiger partial charge in [0.15, 0.2) is 0 Å². The number of rotatable bonds is 9. The molecular formula is C29H31ClN6O5. The van der Waals surface area contributed by atoms with E-state index in [-0.39, 0.29) is 12.1 Å². The minimum Gasteiger partial charge on any atom is -0.481 e. The number of amides is 1. The van der Waals surface area contributed by atoms with E-state index >= 15 is 0 Å². The van der Waals surface area contributed by atoms with E-state index in [2.05, 4.69) is 15.6 Å². The molecule has 5 N–H and O–H groups in total. The number of carbonyl (C=O) groups excluding carboxylic acids is 1. The molecule has 41 heavy (non-hydrogen) atoms. The summed E-state index contributed by atoms with van der Waals surface area (Å²) in [6, 6.07) is 14.7. The topological polar surface area (TPSA) is 154 Å². The van der Waals surface area contributed by atoms with Gasteiger partial charge in [0.1, 0.15) is 11.8 Å². The van der Waals surface area contributed by atoms with Gasteiger partial charge in [-0.05, 0) is 30.2 Å². The maximum atomic E-state index is 13.0. The largest absolute Gasteiger partial charge is 0.481 e. The minimum atomic E-state index is -0.967. The van der Waals surface area contributed by atoms with E-state index in [0.717, 1.165) is 26.8 Å². The van der Waals surface area contributed by atoms with Gasteiger partial charge in [-0.1, -0.05) is 48.0 Å². The van der Waals surface area contributed by atoms with Crippen LogP contribution >= 0.6 is 11.6 Å². The second-order valence-corrected chi connectivity index (χ2v) is 9.84. The summed E-state index contributed by atoms with van der Waals surface area (Å²) in [5, 5.41) is 15.6. The fraction of sp³-hybridized carbons (Fsp3) is 0.241. The minimum absolute atomic E-state index is 0.155. The summed E-state index contributed by atoms with van der Waals surface area (Å²) in [7, 11) is 4.32. The zero-order chi connectivity index (χ0) is 29.8. The van der Waals surface area contributed by atoms with Crippen molar-refractivity contribution in [3.05, 3.63) is 97.3 Å². The summed E-state index contributed by atoms with van der Waals surface area (Å²) >= 11 is 6.93. The molecule has 0 saturated heterocycles. The molecule has 2 aromatic carbocycles. The number of ether oxygens (including phenoxy) is 1. The molecule has 4 rings (SSSR count). The maximum absolute atomic E-state index is 13.0. The Hall–Kier alpha value is -4.29. The monoisotopic (exact) mass is 578 g/mol. The van der Waals surface area contributed by atoms with Crippen LogP contribution in [-0.4, -0.2) is 45.0 Å². The number of pyridine rings is 1. The van der Waals surface area contributed by atoms with Gasteiger partial charge in [-0.2, -0.15) is 0 Å². The van der Waals surface area contributed by atoms with Crippen molar-refractivity contribution in [2.75, 3.05) is 19.0 Å². The molecule has 0 bridgehead atoms. The van der Waals surface area contributed by atoms with Gasteiger partial charge in [0, 0.05) is 55.8 Å². The Morgan fingerprint density at radius 3 is 2.49 bits per heavy atom. The summed E-state index contributed by atoms with van der Waals surface area (Å²) < 4.78 is 7.56. The van der Waals surface area contributed by atoms with Crippen molar-refractivity contribution < 1.29 is 14.6 Å². The van der Waals surface area contributed by atoms with Crippen molar-refractivity contribution in [3.8, 4) is 28.3 Å². The van der Waals surface area contributed by atoms with E-state index in [4.69, 9.17) is 22.1 Å². The van der Waals surface area contributed by atoms with E-state index < -0.39 is 23.4 Å². The molecule has 0 aliphatic carbocycles. The predicted octanol–water partition coefficient (Wildman–Crippen LogP) is 2.40. The molecule has 2 heterocycles. The van der Waals surface area contributed by atoms with Gasteiger partial charge < -0.3 is 30.8 Å². The van der Waals surface area contributed by atoms with Crippen LogP contribution in [0.2, 0.25) is 5.02 Å². The highest BCUT2D eigenvalue weighted by Gasteiger charge is 2.19. The molecule has 0 radical (unpaired) electrons. The molecule has 2 aromatic heterocycles. The van der Waals surface area contributed by atoms with Crippen molar-refractivity contribution in [3.63, 3.8) is 0 Å². The predicted molar refractivity (Wildman–Crippen MR) is 158 cm³/mol. The number of nitrogens with zero attached hydrogens (tertiary/aromatic N) is 3. The lowest BCUT2D eigenvalue weighted by atomic mass is 9.96. The Morgan fingerprint density at radius 1 is 1.10 bits per heavy atom. The second kappa shape index (κ2) is 12.5. The average Bonchev–Trinajstić information content (AvgIpc) is 2.95. The highest BCUT2D eigenvalue weighted by atomic mass is 35.5. The number of aryl methyl sites for hydroxylation is 1. The molecule has 11 nitrogen and oxygen atoms in total. The number of carbonyl (C=O) groups is 1. The van der Waals surface area contributed by atoms with Gasteiger partial charge in [0.25, 0.3) is 11.5 Å². The Kier molecular flexibility index (Phi) is 9.04. The number of anilines is 1. The van der Waals surface area contributed by atoms with Gasteiger partial charge >= 0.3 is 5.69 Å². The molecule has 0 spiro atoms. The molecular weight excluding hydrogens is 548 g/mol. The standard InChI is InChI=1S/C29H31ClN6O5/c1-16-18(7-6-10-22(16)33-26(38)21-15-35(2)29(40)36(3)28(21)39)19-8-5-9-20(25(19)30)23-12-11-17(27(34-23)41-4)13-32-14-24(31)37/h5-12,15,24,32,37H,13-14,31H2,1-4H3,(H,33,38)/t24-/m0/s1. The number of nitrogens with one attached hydrogen (secondary N) is 2. The van der Waals surface area contributed by atoms with Crippen LogP contribution in [0.15, 0.2) is 64.3 Å². The maximum Gasteiger partial charge on any atom is 0.330 e. The zero-order valence-electron chi connectivity index (χ0n) is 23.1. The first-order valence-corrected chi connectivity index (χ1v) is 13.1. The molecule has 4 aromatic rings. The molecule has 214 valence electrons. The molecule has 0 fully saturated rings. The highest BCUT2D eigenvalue weighted by molar-refractivity contribution is 6.36. The third-order valence-corrected chi connectivity index (χ3v) is 7.05. The fourth-order valence-corrected chi connectivity index (χ4v) is 4.76. The number of halogens is 1. The van der Waals surface area contributed by atoms with Crippen molar-refractivity contribution in [2.24, 2.45) is 19.8 Å². The van der Waals surface area contributed by atoms with Crippen molar-refractivity contribution in [2.45, 2.75) is 19.7 Å². The smallest absolute Gasteiger partial charge is 0.330 e. The van der Waals surface area contributed by atoms with Crippen molar-refractivity contribution in [1.82, 2.24) is 19.4 Å². The van der Waals surface area contributed by atoms with Gasteiger partial charge in [0.05, 0.1) is 17.8 Å². The Labute approximate surface area is 241 Å². The zero-order valence-corrected chi connectivity index (χ0v) is 23.8. The fourth-order valence-electron chi connectivity index (χ4n) is 4.44. The van der Waals surface area contributed by atoms with Crippen LogP contribution in [0.25, 0.3) is 22.4 Å². The SMILES string of the molecule is COc1nc(-c2cccc(-c3cccc(NC(=O)c4cn(C)c(=O)n(C)c4=O)c3C)c2Cl)ccc1CNC[C@@H](N)O. The quantitative estimate of drug-likeness (QED) is 0.221. The number of aromatic nitrogens is 3. The lowest BCUT2D eigenvalue weighted by Gasteiger charge is -2.16. The van der Waals surface area contributed by atoms with Crippen LogP contribution in [0.3, 0.4) is 0 Å². The van der Waals surface area contributed by atoms with E-state index in [1.54, 1.807) is 12.1 Å². The summed E-state index contributed by atoms with van der Waals surface area (Å²) in [5.74, 6) is -0.221. The third-order valence-electron chi connectivity index (χ3n) is 6.64. The first-order valence-electron chi connectivity index (χ1n) is 12.7. The Bertz CT molecular complexity index is 1730. The number of aliphatic hydroxyl groups is 1. The molecule has 0 saturated carbocycles. The van der Waals surface area contributed by atoms with Gasteiger partial charge in [-0.3, -0.25) is 14.2 Å². The first kappa shape index (κ1) is 29.7. The van der Waals surface area contributed by atoms with Crippen molar-refractivity contribution in [1.29, 1.82) is 0 Å². The number of hydrogen-bond donors (Lipinski definition) is 4. The summed E-state index contributed by atoms with van der Waals surface area (Å²) in [6.45, 7) is 2.47. The Balaban J connectivity index is 1.67. The summed E-state index contributed by atoms with van der Waals surface area (Å²) in [4.78, 5) is 42.2. The third kappa shape index (κ3) is 6.23. The molecule has 1 amide bonds. The van der Waals surface area contributed by atoms with Crippen LogP contribution in [0, 0.1) is 6.92 Å². The molecule has 0 unspecified atom stereocenters. The average molecular weight is 579 g/mol. The molecule has 0 aliphatic rings. The number of aliphatic hydroxyl groups excluding tert-OH is 1. The van der Waals surface area contributed by atoms with E-state index in [0.29, 0.717) is 34.4 Å². The number of methoxy groups -OCH3 is 1. The van der Waals surface area contributed by atoms with Crippen molar-refractivity contribution >= 4 is 23.2 Å². The van der Waals surface area contributed by atoms with Crippen LogP contribution in [-0.2, 0) is 20.6 Å². The summed E-state index contributed by atoms with van der Waals surface area (Å²) in [5.41, 5.74) is 8.81. The van der Waals surface area contributed by atoms with Crippen LogP contribution < -0.4 is 32.4 Å². The lowest BCUT2D eigenvalue weighted by molar-refractivity contribution is 0.102. The number of hydrogen-bond acceptors (Lipinski definition) is 8. The second-order valence-electron chi connectivity index (χ2n) is 9.46. The van der Waals surface area contributed by atoms with Crippen LogP contribution in [0.4, 0.5) is 5.69 Å². The van der Waals surface area contributed by atoms with Gasteiger partial charge in [0.2, 0.25) is 5.88 Å². The normalized spacial score (nSPS) is 11.8. The van der Waals surface area contributed by atoms with Crippen LogP contribution in [0.5, 0.6) is 5.88 Å². The van der Waals surface area contributed by atoms with E-state index in [1.807, 2.05) is 43.3 Å². The Morgan fingerprint density at radius 2 is 1.78 bits per heavy atom. The number of nitrogens with two attached hydrogens (primary N) is 1.